The molecule has 2 nitrogen and oxygen atoms in total. The molecular formula is C11H13ClO2S. The number of carboxylic acid groups (broad SMARTS) is 1. The van der Waals surface area contributed by atoms with Crippen LogP contribution < -0.4 is 0 Å². The van der Waals surface area contributed by atoms with Crippen molar-refractivity contribution in [1.82, 2.24) is 0 Å². The van der Waals surface area contributed by atoms with Crippen LogP contribution in [-0.2, 0) is 4.79 Å². The molecule has 0 saturated carbocycles. The summed E-state index contributed by atoms with van der Waals surface area (Å²) in [6.45, 7) is 1.98. The maximum Gasteiger partial charge on any atom is 0.316 e. The van der Waals surface area contributed by atoms with Crippen molar-refractivity contribution in [2.45, 2.75) is 29.9 Å². The lowest BCUT2D eigenvalue weighted by molar-refractivity contribution is -0.136. The third-order valence-corrected chi connectivity index (χ3v) is 3.38. The molecule has 1 unspecified atom stereocenters. The Kier molecular flexibility index (Phi) is 4.99. The predicted molar refractivity (Wildman–Crippen MR) is 63.6 cm³/mol. The van der Waals surface area contributed by atoms with Crippen molar-refractivity contribution in [3.8, 4) is 0 Å². The first-order valence-corrected chi connectivity index (χ1v) is 6.04. The monoisotopic (exact) mass is 244 g/mol. The summed E-state index contributed by atoms with van der Waals surface area (Å²) in [5, 5.41) is 9.24. The van der Waals surface area contributed by atoms with Gasteiger partial charge in [0.25, 0.3) is 0 Å². The van der Waals surface area contributed by atoms with E-state index in [1.54, 1.807) is 12.1 Å². The minimum Gasteiger partial charge on any atom is -0.480 e. The van der Waals surface area contributed by atoms with Crippen molar-refractivity contribution in [2.24, 2.45) is 0 Å². The standard InChI is InChI=1S/C11H13ClO2S/c1-2-4-10(11(13)14)15-9-6-3-5-8(12)7-9/h3,5-7,10H,2,4H2,1H3,(H,13,14). The Labute approximate surface area is 98.6 Å². The molecule has 1 rings (SSSR count). The SMILES string of the molecule is CCCC(Sc1cccc(Cl)c1)C(=O)O. The number of hydrogen-bond donors (Lipinski definition) is 1. The number of halogens is 1. The number of carboxylic acids is 1. The largest absolute Gasteiger partial charge is 0.480 e. The van der Waals surface area contributed by atoms with E-state index in [0.717, 1.165) is 11.3 Å². The van der Waals surface area contributed by atoms with Gasteiger partial charge in [-0.15, -0.1) is 11.8 Å². The van der Waals surface area contributed by atoms with Gasteiger partial charge in [0.1, 0.15) is 5.25 Å². The maximum absolute atomic E-state index is 10.9. The van der Waals surface area contributed by atoms with E-state index in [2.05, 4.69) is 0 Å². The molecule has 0 aliphatic rings. The minimum atomic E-state index is -0.762. The molecule has 0 aliphatic heterocycles. The predicted octanol–water partition coefficient (Wildman–Crippen LogP) is 3.69. The average molecular weight is 245 g/mol. The molecule has 0 spiro atoms. The van der Waals surface area contributed by atoms with Crippen molar-refractivity contribution in [3.63, 3.8) is 0 Å². The number of hydrogen-bond acceptors (Lipinski definition) is 2. The third kappa shape index (κ3) is 4.14. The number of aliphatic carboxylic acids is 1. The van der Waals surface area contributed by atoms with Gasteiger partial charge < -0.3 is 5.11 Å². The minimum absolute atomic E-state index is 0.381. The van der Waals surface area contributed by atoms with Crippen LogP contribution in [0.3, 0.4) is 0 Å². The Balaban J connectivity index is 2.69. The first-order valence-electron chi connectivity index (χ1n) is 4.78. The molecule has 0 fully saturated rings. The lowest BCUT2D eigenvalue weighted by atomic mass is 10.2. The van der Waals surface area contributed by atoms with Crippen LogP contribution in [0.1, 0.15) is 19.8 Å². The molecule has 1 aromatic carbocycles. The van der Waals surface area contributed by atoms with E-state index < -0.39 is 5.97 Å². The Morgan fingerprint density at radius 3 is 2.87 bits per heavy atom. The van der Waals surface area contributed by atoms with E-state index in [-0.39, 0.29) is 5.25 Å². The molecular weight excluding hydrogens is 232 g/mol. The second-order valence-electron chi connectivity index (χ2n) is 3.19. The van der Waals surface area contributed by atoms with Crippen LogP contribution in [-0.4, -0.2) is 16.3 Å². The molecule has 0 bridgehead atoms. The van der Waals surface area contributed by atoms with Crippen LogP contribution in [0.5, 0.6) is 0 Å². The highest BCUT2D eigenvalue weighted by Crippen LogP contribution is 2.28. The summed E-state index contributed by atoms with van der Waals surface area (Å²) in [5.74, 6) is -0.762. The molecule has 15 heavy (non-hydrogen) atoms. The number of benzene rings is 1. The van der Waals surface area contributed by atoms with Gasteiger partial charge >= 0.3 is 5.97 Å². The summed E-state index contributed by atoms with van der Waals surface area (Å²) in [6, 6.07) is 7.27. The highest BCUT2D eigenvalue weighted by Gasteiger charge is 2.17. The summed E-state index contributed by atoms with van der Waals surface area (Å²) in [7, 11) is 0. The fourth-order valence-corrected chi connectivity index (χ4v) is 2.59. The maximum atomic E-state index is 10.9. The first kappa shape index (κ1) is 12.4. The Bertz CT molecular complexity index is 341. The summed E-state index contributed by atoms with van der Waals surface area (Å²) >= 11 is 7.18. The van der Waals surface area contributed by atoms with Gasteiger partial charge in [-0.2, -0.15) is 0 Å². The zero-order valence-electron chi connectivity index (χ0n) is 8.44. The molecule has 0 aromatic heterocycles. The third-order valence-electron chi connectivity index (χ3n) is 1.90. The van der Waals surface area contributed by atoms with Crippen LogP contribution in [0.25, 0.3) is 0 Å². The van der Waals surface area contributed by atoms with Crippen molar-refractivity contribution < 1.29 is 9.90 Å². The summed E-state index contributed by atoms with van der Waals surface area (Å²) in [6.07, 6.45) is 1.54. The van der Waals surface area contributed by atoms with Crippen LogP contribution in [0, 0.1) is 0 Å². The van der Waals surface area contributed by atoms with Crippen LogP contribution in [0.2, 0.25) is 5.02 Å². The molecule has 1 N–H and O–H groups in total. The topological polar surface area (TPSA) is 37.3 Å². The van der Waals surface area contributed by atoms with Crippen molar-refractivity contribution in [3.05, 3.63) is 29.3 Å². The summed E-state index contributed by atoms with van der Waals surface area (Å²) < 4.78 is 0. The molecule has 4 heteroatoms. The van der Waals surface area contributed by atoms with E-state index >= 15 is 0 Å². The molecule has 0 radical (unpaired) electrons. The van der Waals surface area contributed by atoms with Crippen LogP contribution in [0.15, 0.2) is 29.2 Å². The molecule has 1 aromatic rings. The molecule has 0 aliphatic carbocycles. The fourth-order valence-electron chi connectivity index (χ4n) is 1.20. The van der Waals surface area contributed by atoms with Gasteiger partial charge in [0, 0.05) is 9.92 Å². The van der Waals surface area contributed by atoms with Gasteiger partial charge in [0.2, 0.25) is 0 Å². The average Bonchev–Trinajstić information content (AvgIpc) is 2.17. The van der Waals surface area contributed by atoms with E-state index in [4.69, 9.17) is 16.7 Å². The molecule has 0 saturated heterocycles. The van der Waals surface area contributed by atoms with Crippen molar-refractivity contribution in [1.29, 1.82) is 0 Å². The zero-order chi connectivity index (χ0) is 11.3. The van der Waals surface area contributed by atoms with Gasteiger partial charge in [-0.25, -0.2) is 0 Å². The Morgan fingerprint density at radius 1 is 1.60 bits per heavy atom. The smallest absolute Gasteiger partial charge is 0.316 e. The lowest BCUT2D eigenvalue weighted by Gasteiger charge is -2.10. The van der Waals surface area contributed by atoms with E-state index in [9.17, 15) is 4.79 Å². The quantitative estimate of drug-likeness (QED) is 0.803. The normalized spacial score (nSPS) is 12.4. The summed E-state index contributed by atoms with van der Waals surface area (Å²) in [4.78, 5) is 11.8. The zero-order valence-corrected chi connectivity index (χ0v) is 10.0. The van der Waals surface area contributed by atoms with Crippen molar-refractivity contribution in [2.75, 3.05) is 0 Å². The first-order chi connectivity index (χ1) is 7.13. The van der Waals surface area contributed by atoms with Gasteiger partial charge in [-0.05, 0) is 24.6 Å². The Morgan fingerprint density at radius 2 is 2.33 bits per heavy atom. The Hall–Kier alpha value is -0.670. The fraction of sp³-hybridized carbons (Fsp3) is 0.364. The van der Waals surface area contributed by atoms with Crippen LogP contribution in [0.4, 0.5) is 0 Å². The number of thioether (sulfide) groups is 1. The van der Waals surface area contributed by atoms with E-state index in [0.29, 0.717) is 11.4 Å². The molecule has 0 amide bonds. The number of rotatable bonds is 5. The van der Waals surface area contributed by atoms with E-state index in [1.165, 1.54) is 11.8 Å². The van der Waals surface area contributed by atoms with Crippen molar-refractivity contribution >= 4 is 29.3 Å². The highest BCUT2D eigenvalue weighted by atomic mass is 35.5. The second kappa shape index (κ2) is 6.03. The molecule has 82 valence electrons. The van der Waals surface area contributed by atoms with Crippen LogP contribution >= 0.6 is 23.4 Å². The second-order valence-corrected chi connectivity index (χ2v) is 4.90. The van der Waals surface area contributed by atoms with E-state index in [1.807, 2.05) is 19.1 Å². The lowest BCUT2D eigenvalue weighted by Crippen LogP contribution is -2.15. The van der Waals surface area contributed by atoms with Gasteiger partial charge in [0.05, 0.1) is 0 Å². The highest BCUT2D eigenvalue weighted by molar-refractivity contribution is 8.00. The molecule has 0 heterocycles. The van der Waals surface area contributed by atoms with Gasteiger partial charge in [-0.3, -0.25) is 4.79 Å². The molecule has 1 atom stereocenters. The number of carbonyl (C=O) groups is 1. The summed E-state index contributed by atoms with van der Waals surface area (Å²) in [5.41, 5.74) is 0. The van der Waals surface area contributed by atoms with Gasteiger partial charge in [0.15, 0.2) is 0 Å². The van der Waals surface area contributed by atoms with Gasteiger partial charge in [-0.1, -0.05) is 31.0 Å².